The van der Waals surface area contributed by atoms with Gasteiger partial charge in [-0.15, -0.1) is 0 Å². The molecular weight excluding hydrogens is 295 g/mol. The SMILES string of the molecule is CN(CC(=O)N(C)c1ccccc1)C[C@H](O)c1ccc(F)cc1. The fourth-order valence-electron chi connectivity index (χ4n) is 2.28. The zero-order valence-corrected chi connectivity index (χ0v) is 13.3. The predicted octanol–water partition coefficient (Wildman–Crippen LogP) is 2.45. The lowest BCUT2D eigenvalue weighted by Crippen LogP contribution is -2.38. The molecule has 1 atom stereocenters. The molecule has 0 radical (unpaired) electrons. The lowest BCUT2D eigenvalue weighted by Gasteiger charge is -2.24. The van der Waals surface area contributed by atoms with Crippen LogP contribution in [0.1, 0.15) is 11.7 Å². The van der Waals surface area contributed by atoms with Crippen molar-refractivity contribution >= 4 is 11.6 Å². The smallest absolute Gasteiger partial charge is 0.240 e. The number of aliphatic hydroxyl groups excluding tert-OH is 1. The molecule has 0 unspecified atom stereocenters. The van der Waals surface area contributed by atoms with Crippen LogP contribution in [0.5, 0.6) is 0 Å². The number of anilines is 1. The number of hydrogen-bond donors (Lipinski definition) is 1. The summed E-state index contributed by atoms with van der Waals surface area (Å²) in [5.41, 5.74) is 1.45. The van der Waals surface area contributed by atoms with E-state index in [9.17, 15) is 14.3 Å². The van der Waals surface area contributed by atoms with Crippen molar-refractivity contribution in [3.05, 3.63) is 66.0 Å². The third-order valence-electron chi connectivity index (χ3n) is 3.66. The number of hydrogen-bond acceptors (Lipinski definition) is 3. The number of likely N-dealkylation sites (N-methyl/N-ethyl adjacent to an activating group) is 2. The molecule has 122 valence electrons. The van der Waals surface area contributed by atoms with E-state index in [0.29, 0.717) is 12.1 Å². The fourth-order valence-corrected chi connectivity index (χ4v) is 2.28. The first-order valence-electron chi connectivity index (χ1n) is 7.41. The topological polar surface area (TPSA) is 43.8 Å². The molecule has 0 aliphatic rings. The quantitative estimate of drug-likeness (QED) is 0.890. The third kappa shape index (κ3) is 4.87. The van der Waals surface area contributed by atoms with E-state index >= 15 is 0 Å². The number of halogens is 1. The molecule has 2 aromatic rings. The van der Waals surface area contributed by atoms with Crippen LogP contribution in [-0.4, -0.2) is 43.1 Å². The largest absolute Gasteiger partial charge is 0.387 e. The second-order valence-corrected chi connectivity index (χ2v) is 5.55. The fraction of sp³-hybridized carbons (Fsp3) is 0.278. The van der Waals surface area contributed by atoms with Crippen LogP contribution in [0.25, 0.3) is 0 Å². The molecular formula is C18H21FN2O2. The summed E-state index contributed by atoms with van der Waals surface area (Å²) >= 11 is 0. The van der Waals surface area contributed by atoms with E-state index in [-0.39, 0.29) is 18.3 Å². The Morgan fingerprint density at radius 3 is 2.30 bits per heavy atom. The van der Waals surface area contributed by atoms with Gasteiger partial charge >= 0.3 is 0 Å². The van der Waals surface area contributed by atoms with Crippen molar-refractivity contribution in [3.8, 4) is 0 Å². The van der Waals surface area contributed by atoms with Crippen molar-refractivity contribution in [2.24, 2.45) is 0 Å². The van der Waals surface area contributed by atoms with Gasteiger partial charge in [0.1, 0.15) is 5.82 Å². The standard InChI is InChI=1S/C18H21FN2O2/c1-20(12-17(22)14-8-10-15(19)11-9-14)13-18(23)21(2)16-6-4-3-5-7-16/h3-11,17,22H,12-13H2,1-2H3/t17-/m0/s1. The minimum Gasteiger partial charge on any atom is -0.387 e. The highest BCUT2D eigenvalue weighted by molar-refractivity contribution is 5.94. The Morgan fingerprint density at radius 1 is 1.09 bits per heavy atom. The van der Waals surface area contributed by atoms with Crippen molar-refractivity contribution in [3.63, 3.8) is 0 Å². The Bertz CT molecular complexity index is 631. The van der Waals surface area contributed by atoms with Gasteiger partial charge in [0.2, 0.25) is 5.91 Å². The van der Waals surface area contributed by atoms with E-state index in [1.807, 2.05) is 30.3 Å². The maximum atomic E-state index is 12.9. The molecule has 1 amide bonds. The van der Waals surface area contributed by atoms with Crippen molar-refractivity contribution in [1.82, 2.24) is 4.90 Å². The minimum absolute atomic E-state index is 0.0648. The van der Waals surface area contributed by atoms with Crippen LogP contribution in [0.3, 0.4) is 0 Å². The molecule has 0 aliphatic carbocycles. The van der Waals surface area contributed by atoms with Gasteiger partial charge in [0.15, 0.2) is 0 Å². The lowest BCUT2D eigenvalue weighted by molar-refractivity contribution is -0.119. The number of aliphatic hydroxyl groups is 1. The molecule has 5 heteroatoms. The maximum Gasteiger partial charge on any atom is 0.240 e. The van der Waals surface area contributed by atoms with E-state index in [1.165, 1.54) is 12.1 Å². The molecule has 4 nitrogen and oxygen atoms in total. The summed E-state index contributed by atoms with van der Waals surface area (Å²) in [4.78, 5) is 15.6. The molecule has 2 rings (SSSR count). The Kier molecular flexibility index (Phi) is 5.84. The van der Waals surface area contributed by atoms with Crippen LogP contribution in [0, 0.1) is 5.82 Å². The number of carbonyl (C=O) groups is 1. The van der Waals surface area contributed by atoms with Gasteiger partial charge in [-0.25, -0.2) is 4.39 Å². The van der Waals surface area contributed by atoms with Gasteiger partial charge in [-0.2, -0.15) is 0 Å². The molecule has 0 aliphatic heterocycles. The van der Waals surface area contributed by atoms with Gasteiger partial charge in [0.25, 0.3) is 0 Å². The summed E-state index contributed by atoms with van der Waals surface area (Å²) in [7, 11) is 3.49. The minimum atomic E-state index is -0.768. The zero-order chi connectivity index (χ0) is 16.8. The van der Waals surface area contributed by atoms with Crippen LogP contribution in [0.15, 0.2) is 54.6 Å². The van der Waals surface area contributed by atoms with Gasteiger partial charge in [0.05, 0.1) is 12.6 Å². The first kappa shape index (κ1) is 17.1. The molecule has 0 fully saturated rings. The Hall–Kier alpha value is -2.24. The van der Waals surface area contributed by atoms with Gasteiger partial charge < -0.3 is 10.0 Å². The summed E-state index contributed by atoms with van der Waals surface area (Å²) < 4.78 is 12.9. The monoisotopic (exact) mass is 316 g/mol. The van der Waals surface area contributed by atoms with Crippen LogP contribution >= 0.6 is 0 Å². The molecule has 0 saturated carbocycles. The van der Waals surface area contributed by atoms with Crippen LogP contribution < -0.4 is 4.90 Å². The summed E-state index contributed by atoms with van der Waals surface area (Å²) in [5.74, 6) is -0.404. The van der Waals surface area contributed by atoms with E-state index < -0.39 is 6.10 Å². The molecule has 0 heterocycles. The second-order valence-electron chi connectivity index (χ2n) is 5.55. The molecule has 0 aromatic heterocycles. The second kappa shape index (κ2) is 7.85. The number of nitrogens with zero attached hydrogens (tertiary/aromatic N) is 2. The van der Waals surface area contributed by atoms with Crippen molar-refractivity contribution in [2.45, 2.75) is 6.10 Å². The maximum absolute atomic E-state index is 12.9. The predicted molar refractivity (Wildman–Crippen MR) is 88.7 cm³/mol. The summed E-state index contributed by atoms with van der Waals surface area (Å²) in [5, 5.41) is 10.2. The van der Waals surface area contributed by atoms with Gasteiger partial charge in [-0.1, -0.05) is 30.3 Å². The average Bonchev–Trinajstić information content (AvgIpc) is 2.55. The summed E-state index contributed by atoms with van der Waals surface area (Å²) in [6.07, 6.45) is -0.768. The Labute approximate surface area is 135 Å². The van der Waals surface area contributed by atoms with Crippen LogP contribution in [-0.2, 0) is 4.79 Å². The molecule has 23 heavy (non-hydrogen) atoms. The van der Waals surface area contributed by atoms with Crippen LogP contribution in [0.4, 0.5) is 10.1 Å². The number of rotatable bonds is 6. The number of benzene rings is 2. The zero-order valence-electron chi connectivity index (χ0n) is 13.3. The van der Waals surface area contributed by atoms with Crippen LogP contribution in [0.2, 0.25) is 0 Å². The highest BCUT2D eigenvalue weighted by Gasteiger charge is 2.16. The number of para-hydroxylation sites is 1. The first-order chi connectivity index (χ1) is 11.0. The Morgan fingerprint density at radius 2 is 1.70 bits per heavy atom. The van der Waals surface area contributed by atoms with Crippen molar-refractivity contribution in [1.29, 1.82) is 0 Å². The summed E-state index contributed by atoms with van der Waals surface area (Å²) in [6.45, 7) is 0.476. The summed E-state index contributed by atoms with van der Waals surface area (Å²) in [6, 6.07) is 15.1. The van der Waals surface area contributed by atoms with E-state index in [1.54, 1.807) is 36.0 Å². The van der Waals surface area contributed by atoms with Gasteiger partial charge in [-0.3, -0.25) is 9.69 Å². The molecule has 0 saturated heterocycles. The molecule has 1 N–H and O–H groups in total. The highest BCUT2D eigenvalue weighted by atomic mass is 19.1. The third-order valence-corrected chi connectivity index (χ3v) is 3.66. The normalized spacial score (nSPS) is 12.2. The highest BCUT2D eigenvalue weighted by Crippen LogP contribution is 2.15. The van der Waals surface area contributed by atoms with E-state index in [0.717, 1.165) is 5.69 Å². The number of amides is 1. The van der Waals surface area contributed by atoms with Crippen molar-refractivity contribution in [2.75, 3.05) is 32.1 Å². The van der Waals surface area contributed by atoms with E-state index in [2.05, 4.69) is 0 Å². The molecule has 0 spiro atoms. The van der Waals surface area contributed by atoms with Crippen molar-refractivity contribution < 1.29 is 14.3 Å². The van der Waals surface area contributed by atoms with Gasteiger partial charge in [-0.05, 0) is 36.9 Å². The number of carbonyl (C=O) groups excluding carboxylic acids is 1. The van der Waals surface area contributed by atoms with Gasteiger partial charge in [0, 0.05) is 19.3 Å². The first-order valence-corrected chi connectivity index (χ1v) is 7.41. The van der Waals surface area contributed by atoms with E-state index in [4.69, 9.17) is 0 Å². The average molecular weight is 316 g/mol. The molecule has 2 aromatic carbocycles. The molecule has 0 bridgehead atoms. The lowest BCUT2D eigenvalue weighted by atomic mass is 10.1. The Balaban J connectivity index is 1.89.